The zero-order chi connectivity index (χ0) is 15.6. The van der Waals surface area contributed by atoms with Gasteiger partial charge in [0.25, 0.3) is 0 Å². The van der Waals surface area contributed by atoms with E-state index < -0.39 is 0 Å². The first-order valence-corrected chi connectivity index (χ1v) is 8.08. The molecule has 1 atom stereocenters. The Kier molecular flexibility index (Phi) is 4.95. The van der Waals surface area contributed by atoms with E-state index in [4.69, 9.17) is 5.73 Å². The molecule has 0 aliphatic heterocycles. The Bertz CT molecular complexity index is 475. The highest BCUT2D eigenvalue weighted by atomic mass is 15.2. The van der Waals surface area contributed by atoms with Crippen molar-refractivity contribution in [2.75, 3.05) is 32.6 Å². The van der Waals surface area contributed by atoms with Crippen LogP contribution in [0.2, 0.25) is 0 Å². The molecular weight excluding hydrogens is 258 g/mol. The topological polar surface area (TPSA) is 32.5 Å². The number of likely N-dealkylation sites (N-methyl/N-ethyl adjacent to an activating group) is 2. The second-order valence-electron chi connectivity index (χ2n) is 7.13. The first kappa shape index (κ1) is 16.3. The van der Waals surface area contributed by atoms with Crippen LogP contribution in [0.1, 0.15) is 37.3 Å². The van der Waals surface area contributed by atoms with Gasteiger partial charge in [-0.05, 0) is 70.8 Å². The zero-order valence-electron chi connectivity index (χ0n) is 14.3. The Morgan fingerprint density at radius 2 is 1.90 bits per heavy atom. The van der Waals surface area contributed by atoms with Crippen LogP contribution in [0.3, 0.4) is 0 Å². The monoisotopic (exact) mass is 289 g/mol. The lowest BCUT2D eigenvalue weighted by atomic mass is 9.75. The molecule has 1 fully saturated rings. The average molecular weight is 289 g/mol. The molecule has 0 saturated heterocycles. The highest BCUT2D eigenvalue weighted by Gasteiger charge is 2.40. The molecule has 0 heterocycles. The van der Waals surface area contributed by atoms with Gasteiger partial charge in [-0.15, -0.1) is 0 Å². The molecular formula is C18H31N3. The molecule has 0 spiro atoms. The molecule has 1 aromatic carbocycles. The third-order valence-electron chi connectivity index (χ3n) is 4.99. The van der Waals surface area contributed by atoms with Crippen LogP contribution in [-0.4, -0.2) is 44.2 Å². The van der Waals surface area contributed by atoms with Gasteiger partial charge in [0, 0.05) is 30.9 Å². The number of rotatable bonds is 6. The van der Waals surface area contributed by atoms with Gasteiger partial charge < -0.3 is 15.5 Å². The van der Waals surface area contributed by atoms with Crippen molar-refractivity contribution in [3.05, 3.63) is 29.3 Å². The van der Waals surface area contributed by atoms with Gasteiger partial charge in [0.15, 0.2) is 0 Å². The van der Waals surface area contributed by atoms with E-state index in [0.29, 0.717) is 5.54 Å². The fourth-order valence-corrected chi connectivity index (χ4v) is 3.50. The number of aryl methyl sites for hydroxylation is 1. The quantitative estimate of drug-likeness (QED) is 0.874. The summed E-state index contributed by atoms with van der Waals surface area (Å²) in [6, 6.07) is 7.00. The van der Waals surface area contributed by atoms with Crippen LogP contribution in [0.15, 0.2) is 18.2 Å². The van der Waals surface area contributed by atoms with Crippen molar-refractivity contribution in [2.45, 2.75) is 51.1 Å². The van der Waals surface area contributed by atoms with Crippen molar-refractivity contribution < 1.29 is 0 Å². The minimum atomic E-state index is 0.222. The van der Waals surface area contributed by atoms with Gasteiger partial charge in [-0.2, -0.15) is 0 Å². The van der Waals surface area contributed by atoms with E-state index in [9.17, 15) is 0 Å². The van der Waals surface area contributed by atoms with Gasteiger partial charge in [0.05, 0.1) is 0 Å². The number of benzene rings is 1. The summed E-state index contributed by atoms with van der Waals surface area (Å²) in [6.45, 7) is 5.37. The molecule has 2 rings (SSSR count). The van der Waals surface area contributed by atoms with E-state index in [-0.39, 0.29) is 6.04 Å². The lowest BCUT2D eigenvalue weighted by molar-refractivity contribution is 0.0683. The molecule has 118 valence electrons. The van der Waals surface area contributed by atoms with Crippen LogP contribution in [-0.2, 0) is 6.42 Å². The smallest absolute Gasteiger partial charge is 0.0394 e. The summed E-state index contributed by atoms with van der Waals surface area (Å²) in [5.41, 5.74) is 10.3. The molecule has 21 heavy (non-hydrogen) atoms. The first-order chi connectivity index (χ1) is 9.84. The fourth-order valence-electron chi connectivity index (χ4n) is 3.50. The first-order valence-electron chi connectivity index (χ1n) is 8.08. The molecule has 2 N–H and O–H groups in total. The van der Waals surface area contributed by atoms with E-state index >= 15 is 0 Å². The summed E-state index contributed by atoms with van der Waals surface area (Å²) in [6.07, 6.45) is 4.93. The highest BCUT2D eigenvalue weighted by molar-refractivity contribution is 5.54. The normalized spacial score (nSPS) is 18.4. The number of hydrogen-bond donors (Lipinski definition) is 1. The Morgan fingerprint density at radius 3 is 2.33 bits per heavy atom. The lowest BCUT2D eigenvalue weighted by Crippen LogP contribution is -2.56. The van der Waals surface area contributed by atoms with E-state index in [0.717, 1.165) is 13.0 Å². The summed E-state index contributed by atoms with van der Waals surface area (Å²) < 4.78 is 0. The van der Waals surface area contributed by atoms with Crippen molar-refractivity contribution in [3.63, 3.8) is 0 Å². The number of hydrogen-bond acceptors (Lipinski definition) is 3. The molecule has 0 radical (unpaired) electrons. The predicted molar refractivity (Wildman–Crippen MR) is 92.1 cm³/mol. The Morgan fingerprint density at radius 1 is 1.24 bits per heavy atom. The molecule has 1 unspecified atom stereocenters. The molecule has 0 aromatic heterocycles. The summed E-state index contributed by atoms with van der Waals surface area (Å²) in [7, 11) is 6.65. The Balaban J connectivity index is 2.10. The number of nitrogens with two attached hydrogens (primary N) is 1. The van der Waals surface area contributed by atoms with Gasteiger partial charge in [-0.3, -0.25) is 0 Å². The number of nitrogens with zero attached hydrogens (tertiary/aromatic N) is 2. The molecule has 1 aliphatic carbocycles. The van der Waals surface area contributed by atoms with Crippen LogP contribution in [0.4, 0.5) is 5.69 Å². The molecule has 1 aliphatic rings. The van der Waals surface area contributed by atoms with Crippen LogP contribution in [0.5, 0.6) is 0 Å². The molecule has 3 heteroatoms. The van der Waals surface area contributed by atoms with Crippen LogP contribution >= 0.6 is 0 Å². The molecule has 1 aromatic rings. The maximum absolute atomic E-state index is 5.90. The SMILES string of the molecule is Cc1cc(CC(C)N)ccc1N(C)CC1(N(C)C)CCC1. The average Bonchev–Trinajstić information content (AvgIpc) is 2.32. The van der Waals surface area contributed by atoms with Gasteiger partial charge >= 0.3 is 0 Å². The number of anilines is 1. The van der Waals surface area contributed by atoms with Gasteiger partial charge in [-0.1, -0.05) is 12.1 Å². The minimum Gasteiger partial charge on any atom is -0.373 e. The summed E-state index contributed by atoms with van der Waals surface area (Å²) in [5.74, 6) is 0. The van der Waals surface area contributed by atoms with Crippen molar-refractivity contribution >= 4 is 5.69 Å². The molecule has 3 nitrogen and oxygen atoms in total. The highest BCUT2D eigenvalue weighted by Crippen LogP contribution is 2.37. The van der Waals surface area contributed by atoms with Crippen molar-refractivity contribution in [2.24, 2.45) is 5.73 Å². The standard InChI is InChI=1S/C18H31N3/c1-14-11-16(12-15(2)19)7-8-17(14)21(5)13-18(20(3)4)9-6-10-18/h7-8,11,15H,6,9-10,12-13,19H2,1-5H3. The lowest BCUT2D eigenvalue weighted by Gasteiger charge is -2.49. The minimum absolute atomic E-state index is 0.222. The Labute approximate surface area is 130 Å². The summed E-state index contributed by atoms with van der Waals surface area (Å²) in [4.78, 5) is 4.83. The fraction of sp³-hybridized carbons (Fsp3) is 0.667. The van der Waals surface area contributed by atoms with E-state index in [1.165, 1.54) is 36.1 Å². The second-order valence-corrected chi connectivity index (χ2v) is 7.13. The summed E-state index contributed by atoms with van der Waals surface area (Å²) in [5, 5.41) is 0. The third-order valence-corrected chi connectivity index (χ3v) is 4.99. The maximum Gasteiger partial charge on any atom is 0.0394 e. The third kappa shape index (κ3) is 3.58. The maximum atomic E-state index is 5.90. The van der Waals surface area contributed by atoms with Gasteiger partial charge in [0.2, 0.25) is 0 Å². The largest absolute Gasteiger partial charge is 0.373 e. The van der Waals surface area contributed by atoms with Crippen LogP contribution in [0, 0.1) is 6.92 Å². The van der Waals surface area contributed by atoms with E-state index in [2.05, 4.69) is 63.0 Å². The van der Waals surface area contributed by atoms with Crippen LogP contribution in [0.25, 0.3) is 0 Å². The second kappa shape index (κ2) is 6.37. The predicted octanol–water partition coefficient (Wildman–Crippen LogP) is 2.81. The van der Waals surface area contributed by atoms with E-state index in [1.54, 1.807) is 0 Å². The summed E-state index contributed by atoms with van der Waals surface area (Å²) >= 11 is 0. The Hall–Kier alpha value is -1.06. The van der Waals surface area contributed by atoms with Crippen molar-refractivity contribution in [3.8, 4) is 0 Å². The zero-order valence-corrected chi connectivity index (χ0v) is 14.3. The van der Waals surface area contributed by atoms with Crippen LogP contribution < -0.4 is 10.6 Å². The van der Waals surface area contributed by atoms with E-state index in [1.807, 2.05) is 0 Å². The van der Waals surface area contributed by atoms with Crippen molar-refractivity contribution in [1.82, 2.24) is 4.90 Å². The van der Waals surface area contributed by atoms with Crippen molar-refractivity contribution in [1.29, 1.82) is 0 Å². The van der Waals surface area contributed by atoms with Gasteiger partial charge in [0.1, 0.15) is 0 Å². The molecule has 0 amide bonds. The van der Waals surface area contributed by atoms with Gasteiger partial charge in [-0.25, -0.2) is 0 Å². The molecule has 1 saturated carbocycles. The molecule has 0 bridgehead atoms.